The highest BCUT2D eigenvalue weighted by atomic mass is 16.5. The Kier molecular flexibility index (Phi) is 5.07. The molecule has 0 atom stereocenters. The van der Waals surface area contributed by atoms with Gasteiger partial charge in [0.1, 0.15) is 16.9 Å². The van der Waals surface area contributed by atoms with Crippen LogP contribution in [0.3, 0.4) is 0 Å². The number of rotatable bonds is 5. The van der Waals surface area contributed by atoms with Crippen molar-refractivity contribution in [2.24, 2.45) is 0 Å². The van der Waals surface area contributed by atoms with Crippen LogP contribution in [0, 0.1) is 0 Å². The van der Waals surface area contributed by atoms with E-state index in [-0.39, 0.29) is 12.5 Å². The van der Waals surface area contributed by atoms with Gasteiger partial charge in [-0.3, -0.25) is 14.7 Å². The highest BCUT2D eigenvalue weighted by molar-refractivity contribution is 6.05. The zero-order valence-corrected chi connectivity index (χ0v) is 16.7. The van der Waals surface area contributed by atoms with Crippen LogP contribution in [0.4, 0.5) is 0 Å². The Labute approximate surface area is 174 Å². The van der Waals surface area contributed by atoms with Crippen molar-refractivity contribution in [1.29, 1.82) is 0 Å². The lowest BCUT2D eigenvalue weighted by Gasteiger charge is -2.34. The standard InChI is InChI=1S/C24H23N3O3/c28-24(27-13-11-26(12-14-27)16-18-7-9-25-10-8-18)17-29-19-5-6-23-21(15-19)20-3-1-2-4-22(20)30-23/h1-10,15H,11-14,16-17H2. The van der Waals surface area contributed by atoms with Crippen molar-refractivity contribution in [3.63, 3.8) is 0 Å². The zero-order chi connectivity index (χ0) is 20.3. The molecular formula is C24H23N3O3. The summed E-state index contributed by atoms with van der Waals surface area (Å²) >= 11 is 0. The third kappa shape index (κ3) is 3.86. The summed E-state index contributed by atoms with van der Waals surface area (Å²) in [6.07, 6.45) is 3.63. The maximum atomic E-state index is 12.6. The number of pyridine rings is 1. The molecule has 0 bridgehead atoms. The van der Waals surface area contributed by atoms with Crippen LogP contribution in [-0.4, -0.2) is 53.5 Å². The normalized spacial score (nSPS) is 15.0. The number of carbonyl (C=O) groups excluding carboxylic acids is 1. The smallest absolute Gasteiger partial charge is 0.260 e. The number of piperazine rings is 1. The number of nitrogens with zero attached hydrogens (tertiary/aromatic N) is 3. The Bertz CT molecular complexity index is 1160. The third-order valence-corrected chi connectivity index (χ3v) is 5.59. The fourth-order valence-corrected chi connectivity index (χ4v) is 3.93. The molecule has 3 heterocycles. The van der Waals surface area contributed by atoms with E-state index in [1.807, 2.05) is 71.9 Å². The Balaban J connectivity index is 1.17. The van der Waals surface area contributed by atoms with Gasteiger partial charge in [-0.1, -0.05) is 18.2 Å². The summed E-state index contributed by atoms with van der Waals surface area (Å²) in [5, 5.41) is 2.05. The van der Waals surface area contributed by atoms with Crippen LogP contribution < -0.4 is 4.74 Å². The van der Waals surface area contributed by atoms with Crippen LogP contribution in [0.2, 0.25) is 0 Å². The molecule has 1 fully saturated rings. The highest BCUT2D eigenvalue weighted by Crippen LogP contribution is 2.31. The SMILES string of the molecule is O=C(COc1ccc2oc3ccccc3c2c1)N1CCN(Cc2ccncc2)CC1. The maximum Gasteiger partial charge on any atom is 0.260 e. The second-order valence-corrected chi connectivity index (χ2v) is 7.56. The second-order valence-electron chi connectivity index (χ2n) is 7.56. The van der Waals surface area contributed by atoms with E-state index in [0.29, 0.717) is 5.75 Å². The van der Waals surface area contributed by atoms with E-state index in [2.05, 4.69) is 9.88 Å². The van der Waals surface area contributed by atoms with Crippen molar-refractivity contribution in [1.82, 2.24) is 14.8 Å². The molecule has 0 aliphatic carbocycles. The number of carbonyl (C=O) groups is 1. The predicted octanol–water partition coefficient (Wildman–Crippen LogP) is 3.70. The van der Waals surface area contributed by atoms with Crippen LogP contribution >= 0.6 is 0 Å². The first-order valence-corrected chi connectivity index (χ1v) is 10.2. The molecule has 30 heavy (non-hydrogen) atoms. The van der Waals surface area contributed by atoms with Crippen molar-refractivity contribution in [3.05, 3.63) is 72.6 Å². The maximum absolute atomic E-state index is 12.6. The van der Waals surface area contributed by atoms with Gasteiger partial charge in [-0.05, 0) is 42.0 Å². The Hall–Kier alpha value is -3.38. The number of hydrogen-bond acceptors (Lipinski definition) is 5. The minimum Gasteiger partial charge on any atom is -0.484 e. The summed E-state index contributed by atoms with van der Waals surface area (Å²) in [6, 6.07) is 17.7. The monoisotopic (exact) mass is 401 g/mol. The number of fused-ring (bicyclic) bond motifs is 3. The minimum absolute atomic E-state index is 0.0238. The van der Waals surface area contributed by atoms with Crippen molar-refractivity contribution in [3.8, 4) is 5.75 Å². The number of hydrogen-bond donors (Lipinski definition) is 0. The number of amides is 1. The number of benzene rings is 2. The first-order chi connectivity index (χ1) is 14.8. The number of ether oxygens (including phenoxy) is 1. The van der Waals surface area contributed by atoms with Gasteiger partial charge >= 0.3 is 0 Å². The molecule has 6 heteroatoms. The highest BCUT2D eigenvalue weighted by Gasteiger charge is 2.21. The van der Waals surface area contributed by atoms with Crippen LogP contribution in [0.25, 0.3) is 21.9 Å². The van der Waals surface area contributed by atoms with Crippen molar-refractivity contribution in [2.45, 2.75) is 6.54 Å². The van der Waals surface area contributed by atoms with E-state index in [1.165, 1.54) is 5.56 Å². The topological polar surface area (TPSA) is 58.8 Å². The quantitative estimate of drug-likeness (QED) is 0.510. The minimum atomic E-state index is 0.0238. The first-order valence-electron chi connectivity index (χ1n) is 10.2. The summed E-state index contributed by atoms with van der Waals surface area (Å²) in [5.74, 6) is 0.703. The lowest BCUT2D eigenvalue weighted by Crippen LogP contribution is -2.49. The molecule has 0 saturated carbocycles. The van der Waals surface area contributed by atoms with E-state index < -0.39 is 0 Å². The molecule has 1 saturated heterocycles. The van der Waals surface area contributed by atoms with E-state index in [9.17, 15) is 4.79 Å². The molecule has 5 rings (SSSR count). The summed E-state index contributed by atoms with van der Waals surface area (Å²) in [4.78, 5) is 20.9. The fourth-order valence-electron chi connectivity index (χ4n) is 3.93. The van der Waals surface area contributed by atoms with Crippen molar-refractivity contribution >= 4 is 27.8 Å². The van der Waals surface area contributed by atoms with Crippen LogP contribution in [-0.2, 0) is 11.3 Å². The van der Waals surface area contributed by atoms with Gasteiger partial charge in [0.25, 0.3) is 5.91 Å². The largest absolute Gasteiger partial charge is 0.484 e. The van der Waals surface area contributed by atoms with Gasteiger partial charge in [0.2, 0.25) is 0 Å². The fraction of sp³-hybridized carbons (Fsp3) is 0.250. The van der Waals surface area contributed by atoms with E-state index >= 15 is 0 Å². The molecule has 1 aliphatic heterocycles. The van der Waals surface area contributed by atoms with Gasteiger partial charge in [0.05, 0.1) is 0 Å². The van der Waals surface area contributed by atoms with E-state index in [0.717, 1.165) is 54.7 Å². The summed E-state index contributed by atoms with van der Waals surface area (Å²) in [7, 11) is 0. The number of furan rings is 1. The van der Waals surface area contributed by atoms with Crippen LogP contribution in [0.1, 0.15) is 5.56 Å². The van der Waals surface area contributed by atoms with Gasteiger partial charge in [0.15, 0.2) is 6.61 Å². The van der Waals surface area contributed by atoms with Gasteiger partial charge in [-0.15, -0.1) is 0 Å². The van der Waals surface area contributed by atoms with Gasteiger partial charge < -0.3 is 14.1 Å². The molecule has 152 valence electrons. The lowest BCUT2D eigenvalue weighted by molar-refractivity contribution is -0.135. The molecule has 2 aromatic carbocycles. The molecule has 4 aromatic rings. The molecule has 6 nitrogen and oxygen atoms in total. The molecule has 2 aromatic heterocycles. The van der Waals surface area contributed by atoms with E-state index in [1.54, 1.807) is 0 Å². The first kappa shape index (κ1) is 18.6. The number of para-hydroxylation sites is 1. The Morgan fingerprint density at radius 3 is 2.53 bits per heavy atom. The third-order valence-electron chi connectivity index (χ3n) is 5.59. The second kappa shape index (κ2) is 8.16. The molecular weight excluding hydrogens is 378 g/mol. The number of aromatic nitrogens is 1. The molecule has 1 aliphatic rings. The molecule has 0 N–H and O–H groups in total. The van der Waals surface area contributed by atoms with Crippen molar-refractivity contribution in [2.75, 3.05) is 32.8 Å². The molecule has 0 unspecified atom stereocenters. The van der Waals surface area contributed by atoms with Crippen molar-refractivity contribution < 1.29 is 13.9 Å². The van der Waals surface area contributed by atoms with Crippen LogP contribution in [0.5, 0.6) is 5.75 Å². The van der Waals surface area contributed by atoms with Gasteiger partial charge in [-0.25, -0.2) is 0 Å². The molecule has 0 spiro atoms. The average Bonchev–Trinajstić information content (AvgIpc) is 3.17. The Morgan fingerprint density at radius 2 is 1.70 bits per heavy atom. The van der Waals surface area contributed by atoms with Gasteiger partial charge in [-0.2, -0.15) is 0 Å². The van der Waals surface area contributed by atoms with Gasteiger partial charge in [0, 0.05) is 55.9 Å². The molecule has 0 radical (unpaired) electrons. The lowest BCUT2D eigenvalue weighted by atomic mass is 10.1. The van der Waals surface area contributed by atoms with E-state index in [4.69, 9.17) is 9.15 Å². The summed E-state index contributed by atoms with van der Waals surface area (Å²) in [5.41, 5.74) is 2.92. The Morgan fingerprint density at radius 1 is 0.933 bits per heavy atom. The molecule has 1 amide bonds. The average molecular weight is 401 g/mol. The summed E-state index contributed by atoms with van der Waals surface area (Å²) < 4.78 is 11.7. The summed E-state index contributed by atoms with van der Waals surface area (Å²) in [6.45, 7) is 4.10. The zero-order valence-electron chi connectivity index (χ0n) is 16.7. The predicted molar refractivity (Wildman–Crippen MR) is 115 cm³/mol. The van der Waals surface area contributed by atoms with Crippen LogP contribution in [0.15, 0.2) is 71.4 Å².